The zero-order valence-corrected chi connectivity index (χ0v) is 15.7. The minimum Gasteiger partial charge on any atom is -0.497 e. The van der Waals surface area contributed by atoms with Crippen LogP contribution in [-0.2, 0) is 7.05 Å². The highest BCUT2D eigenvalue weighted by Gasteiger charge is 2.12. The Morgan fingerprint density at radius 3 is 2.73 bits per heavy atom. The van der Waals surface area contributed by atoms with E-state index in [2.05, 4.69) is 41.6 Å². The van der Waals surface area contributed by atoms with Crippen molar-refractivity contribution in [3.05, 3.63) is 52.5 Å². The van der Waals surface area contributed by atoms with Crippen LogP contribution in [0.4, 0.5) is 5.95 Å². The molecule has 2 aromatic heterocycles. The first-order valence-electron chi connectivity index (χ1n) is 7.87. The summed E-state index contributed by atoms with van der Waals surface area (Å²) in [6.07, 6.45) is 1.69. The zero-order chi connectivity index (χ0) is 18.1. The van der Waals surface area contributed by atoms with Crippen molar-refractivity contribution in [1.82, 2.24) is 19.7 Å². The van der Waals surface area contributed by atoms with Gasteiger partial charge in [-0.15, -0.1) is 10.2 Å². The summed E-state index contributed by atoms with van der Waals surface area (Å²) in [7, 11) is 3.59. The van der Waals surface area contributed by atoms with E-state index in [4.69, 9.17) is 4.74 Å². The molecule has 0 spiro atoms. The molecule has 8 heteroatoms. The van der Waals surface area contributed by atoms with Crippen molar-refractivity contribution in [1.29, 1.82) is 0 Å². The van der Waals surface area contributed by atoms with Crippen molar-refractivity contribution in [3.63, 3.8) is 0 Å². The number of rotatable bonds is 4. The maximum absolute atomic E-state index is 5.13. The first kappa shape index (κ1) is 16.5. The van der Waals surface area contributed by atoms with Crippen LogP contribution in [0.3, 0.4) is 0 Å². The third-order valence-electron chi connectivity index (χ3n) is 4.06. The molecule has 0 bridgehead atoms. The predicted octanol–water partition coefficient (Wildman–Crippen LogP) is 3.73. The quantitative estimate of drug-likeness (QED) is 0.409. The highest BCUT2D eigenvalue weighted by atomic mass is 79.9. The summed E-state index contributed by atoms with van der Waals surface area (Å²) in [6, 6.07) is 13.6. The lowest BCUT2D eigenvalue weighted by atomic mass is 10.2. The number of halogens is 1. The molecule has 26 heavy (non-hydrogen) atoms. The Labute approximate surface area is 157 Å². The number of fused-ring (bicyclic) bond motifs is 3. The van der Waals surface area contributed by atoms with Crippen molar-refractivity contribution < 1.29 is 4.74 Å². The molecule has 0 aliphatic rings. The van der Waals surface area contributed by atoms with E-state index >= 15 is 0 Å². The monoisotopic (exact) mass is 410 g/mol. The second-order valence-corrected chi connectivity index (χ2v) is 6.59. The van der Waals surface area contributed by atoms with Crippen molar-refractivity contribution in [2.75, 3.05) is 12.5 Å². The van der Waals surface area contributed by atoms with Gasteiger partial charge in [-0.2, -0.15) is 10.1 Å². The highest BCUT2D eigenvalue weighted by molar-refractivity contribution is 9.10. The lowest BCUT2D eigenvalue weighted by molar-refractivity contribution is 0.415. The van der Waals surface area contributed by atoms with Crippen LogP contribution in [0.5, 0.6) is 5.75 Å². The molecule has 0 radical (unpaired) electrons. The number of hydrogen-bond acceptors (Lipinski definition) is 6. The highest BCUT2D eigenvalue weighted by Crippen LogP contribution is 2.27. The lowest BCUT2D eigenvalue weighted by Gasteiger charge is -2.00. The first-order chi connectivity index (χ1) is 12.7. The summed E-state index contributed by atoms with van der Waals surface area (Å²) < 4.78 is 8.12. The van der Waals surface area contributed by atoms with Crippen molar-refractivity contribution in [2.24, 2.45) is 12.1 Å². The van der Waals surface area contributed by atoms with Gasteiger partial charge < -0.3 is 9.30 Å². The SMILES string of the molecule is COc1ccc(/C=N/Nc2nnc3c4cc(Br)ccc4n(C)c3n2)cc1. The molecule has 130 valence electrons. The first-order valence-corrected chi connectivity index (χ1v) is 8.66. The number of methoxy groups -OCH3 is 1. The van der Waals surface area contributed by atoms with Gasteiger partial charge in [-0.25, -0.2) is 5.43 Å². The predicted molar refractivity (Wildman–Crippen MR) is 106 cm³/mol. The number of aromatic nitrogens is 4. The van der Waals surface area contributed by atoms with Crippen molar-refractivity contribution >= 4 is 50.2 Å². The number of ether oxygens (including phenoxy) is 1. The maximum atomic E-state index is 5.13. The van der Waals surface area contributed by atoms with E-state index in [1.807, 2.05) is 54.1 Å². The fourth-order valence-electron chi connectivity index (χ4n) is 2.73. The van der Waals surface area contributed by atoms with Crippen LogP contribution in [0.1, 0.15) is 5.56 Å². The smallest absolute Gasteiger partial charge is 0.265 e. The van der Waals surface area contributed by atoms with Crippen LogP contribution < -0.4 is 10.2 Å². The molecule has 2 heterocycles. The van der Waals surface area contributed by atoms with E-state index in [0.717, 1.165) is 37.9 Å². The summed E-state index contributed by atoms with van der Waals surface area (Å²) >= 11 is 3.49. The molecule has 0 saturated heterocycles. The molecular weight excluding hydrogens is 396 g/mol. The average molecular weight is 411 g/mol. The Hall–Kier alpha value is -3.00. The molecule has 4 rings (SSSR count). The second-order valence-electron chi connectivity index (χ2n) is 5.67. The van der Waals surface area contributed by atoms with E-state index in [9.17, 15) is 0 Å². The van der Waals surface area contributed by atoms with Gasteiger partial charge in [0.2, 0.25) is 0 Å². The van der Waals surface area contributed by atoms with Crippen LogP contribution >= 0.6 is 15.9 Å². The minimum absolute atomic E-state index is 0.340. The van der Waals surface area contributed by atoms with Crippen LogP contribution in [-0.4, -0.2) is 33.1 Å². The maximum Gasteiger partial charge on any atom is 0.265 e. The second kappa shape index (κ2) is 6.72. The molecule has 0 aliphatic carbocycles. The Kier molecular flexibility index (Phi) is 4.26. The molecule has 0 unspecified atom stereocenters. The van der Waals surface area contributed by atoms with Crippen LogP contribution in [0, 0.1) is 0 Å². The van der Waals surface area contributed by atoms with E-state index in [0.29, 0.717) is 5.95 Å². The van der Waals surface area contributed by atoms with Crippen LogP contribution in [0.25, 0.3) is 22.1 Å². The molecule has 2 aromatic carbocycles. The van der Waals surface area contributed by atoms with E-state index in [1.165, 1.54) is 0 Å². The third kappa shape index (κ3) is 2.99. The van der Waals surface area contributed by atoms with Gasteiger partial charge in [0.15, 0.2) is 5.65 Å². The van der Waals surface area contributed by atoms with Gasteiger partial charge in [0, 0.05) is 16.9 Å². The molecule has 1 N–H and O–H groups in total. The Balaban J connectivity index is 1.61. The Bertz CT molecular complexity index is 1120. The van der Waals surface area contributed by atoms with Gasteiger partial charge in [-0.3, -0.25) is 0 Å². The Morgan fingerprint density at radius 1 is 1.15 bits per heavy atom. The molecule has 0 atom stereocenters. The Morgan fingerprint density at radius 2 is 1.96 bits per heavy atom. The number of anilines is 1. The zero-order valence-electron chi connectivity index (χ0n) is 14.1. The van der Waals surface area contributed by atoms with Gasteiger partial charge >= 0.3 is 0 Å². The van der Waals surface area contributed by atoms with Gasteiger partial charge in [0.25, 0.3) is 5.95 Å². The third-order valence-corrected chi connectivity index (χ3v) is 4.55. The number of aryl methyl sites for hydroxylation is 1. The number of benzene rings is 2. The molecule has 7 nitrogen and oxygen atoms in total. The van der Waals surface area contributed by atoms with Crippen LogP contribution in [0.15, 0.2) is 52.0 Å². The number of hydrogen-bond donors (Lipinski definition) is 1. The van der Waals surface area contributed by atoms with Crippen molar-refractivity contribution in [2.45, 2.75) is 0 Å². The standard InChI is InChI=1S/C18H15BrN6O/c1-25-15-8-5-12(19)9-14(15)16-17(25)21-18(24-22-16)23-20-10-11-3-6-13(26-2)7-4-11/h3-10H,1-2H3,(H,21,23,24)/b20-10+. The van der Waals surface area contributed by atoms with E-state index in [-0.39, 0.29) is 0 Å². The van der Waals surface area contributed by atoms with E-state index < -0.39 is 0 Å². The summed E-state index contributed by atoms with van der Waals surface area (Å²) in [4.78, 5) is 4.53. The fourth-order valence-corrected chi connectivity index (χ4v) is 3.09. The molecular formula is C18H15BrN6O. The molecule has 4 aromatic rings. The summed E-state index contributed by atoms with van der Waals surface area (Å²) in [5, 5.41) is 13.6. The minimum atomic E-state index is 0.340. The molecule has 0 fully saturated rings. The van der Waals surface area contributed by atoms with Gasteiger partial charge in [0.05, 0.1) is 18.8 Å². The van der Waals surface area contributed by atoms with Crippen molar-refractivity contribution in [3.8, 4) is 5.75 Å². The molecule has 0 saturated carbocycles. The largest absolute Gasteiger partial charge is 0.497 e. The number of nitrogens with zero attached hydrogens (tertiary/aromatic N) is 5. The van der Waals surface area contributed by atoms with Gasteiger partial charge in [0.1, 0.15) is 11.3 Å². The molecule has 0 aliphatic heterocycles. The average Bonchev–Trinajstić information content (AvgIpc) is 2.94. The fraction of sp³-hybridized carbons (Fsp3) is 0.111. The van der Waals surface area contributed by atoms with Gasteiger partial charge in [-0.1, -0.05) is 15.9 Å². The van der Waals surface area contributed by atoms with E-state index in [1.54, 1.807) is 13.3 Å². The topological polar surface area (TPSA) is 77.2 Å². The lowest BCUT2D eigenvalue weighted by Crippen LogP contribution is -2.00. The summed E-state index contributed by atoms with van der Waals surface area (Å²) in [5.74, 6) is 1.14. The summed E-state index contributed by atoms with van der Waals surface area (Å²) in [6.45, 7) is 0. The summed E-state index contributed by atoms with van der Waals surface area (Å²) in [5.41, 5.74) is 6.31. The number of hydrazone groups is 1. The van der Waals surface area contributed by atoms with Gasteiger partial charge in [-0.05, 0) is 48.0 Å². The van der Waals surface area contributed by atoms with Crippen LogP contribution in [0.2, 0.25) is 0 Å². The number of nitrogens with one attached hydrogen (secondary N) is 1. The molecule has 0 amide bonds. The normalized spacial score (nSPS) is 11.5.